The summed E-state index contributed by atoms with van der Waals surface area (Å²) in [5.74, 6) is -0.816. The van der Waals surface area contributed by atoms with Gasteiger partial charge in [0.05, 0.1) is 17.4 Å². The molecule has 0 amide bonds. The van der Waals surface area contributed by atoms with Crippen molar-refractivity contribution < 1.29 is 9.90 Å². The molecule has 0 aliphatic heterocycles. The van der Waals surface area contributed by atoms with Crippen LogP contribution in [0.25, 0.3) is 11.0 Å². The SMILES string of the molecule is Cn1cnc2cc(SC(C)(C)C(=O)O)ccc21. The predicted octanol–water partition coefficient (Wildman–Crippen LogP) is 2.53. The Bertz CT molecular complexity index is 575. The first kappa shape index (κ1) is 12.0. The Morgan fingerprint density at radius 1 is 1.47 bits per heavy atom. The molecule has 2 aromatic rings. The molecule has 1 heterocycles. The molecule has 0 saturated heterocycles. The summed E-state index contributed by atoms with van der Waals surface area (Å²) >= 11 is 1.33. The van der Waals surface area contributed by atoms with Crippen LogP contribution in [-0.4, -0.2) is 25.4 Å². The second-order valence-electron chi connectivity index (χ2n) is 4.42. The highest BCUT2D eigenvalue weighted by Gasteiger charge is 2.28. The van der Waals surface area contributed by atoms with E-state index in [2.05, 4.69) is 4.98 Å². The van der Waals surface area contributed by atoms with Crippen molar-refractivity contribution in [3.05, 3.63) is 24.5 Å². The first-order chi connectivity index (χ1) is 7.90. The number of hydrogen-bond acceptors (Lipinski definition) is 3. The van der Waals surface area contributed by atoms with Gasteiger partial charge >= 0.3 is 5.97 Å². The summed E-state index contributed by atoms with van der Waals surface area (Å²) in [5.41, 5.74) is 1.93. The van der Waals surface area contributed by atoms with Gasteiger partial charge in [0.1, 0.15) is 4.75 Å². The van der Waals surface area contributed by atoms with Gasteiger partial charge in [-0.25, -0.2) is 4.98 Å². The molecule has 5 heteroatoms. The summed E-state index contributed by atoms with van der Waals surface area (Å²) in [6.45, 7) is 3.39. The Morgan fingerprint density at radius 3 is 2.82 bits per heavy atom. The average molecular weight is 250 g/mol. The predicted molar refractivity (Wildman–Crippen MR) is 68.3 cm³/mol. The molecule has 17 heavy (non-hydrogen) atoms. The zero-order valence-electron chi connectivity index (χ0n) is 9.97. The molecule has 0 radical (unpaired) electrons. The van der Waals surface area contributed by atoms with E-state index < -0.39 is 10.7 Å². The summed E-state index contributed by atoms with van der Waals surface area (Å²) in [6, 6.07) is 5.81. The maximum absolute atomic E-state index is 11.1. The summed E-state index contributed by atoms with van der Waals surface area (Å²) in [7, 11) is 1.93. The maximum atomic E-state index is 11.1. The number of imidazole rings is 1. The largest absolute Gasteiger partial charge is 0.480 e. The van der Waals surface area contributed by atoms with Crippen molar-refractivity contribution in [2.45, 2.75) is 23.5 Å². The normalized spacial score (nSPS) is 11.9. The van der Waals surface area contributed by atoms with Crippen molar-refractivity contribution in [1.29, 1.82) is 0 Å². The molecule has 0 aliphatic carbocycles. The number of thioether (sulfide) groups is 1. The molecule has 0 aliphatic rings. The summed E-state index contributed by atoms with van der Waals surface area (Å²) in [6.07, 6.45) is 1.75. The number of benzene rings is 1. The van der Waals surface area contributed by atoms with Crippen LogP contribution in [0.3, 0.4) is 0 Å². The Morgan fingerprint density at radius 2 is 2.18 bits per heavy atom. The molecule has 0 bridgehead atoms. The van der Waals surface area contributed by atoms with Gasteiger partial charge in [-0.1, -0.05) is 0 Å². The second kappa shape index (κ2) is 4.07. The Labute approximate surface area is 104 Å². The fourth-order valence-electron chi connectivity index (χ4n) is 1.52. The lowest BCUT2D eigenvalue weighted by molar-refractivity contribution is -0.138. The van der Waals surface area contributed by atoms with E-state index >= 15 is 0 Å². The molecule has 4 nitrogen and oxygen atoms in total. The van der Waals surface area contributed by atoms with Crippen molar-refractivity contribution in [2.24, 2.45) is 7.05 Å². The fraction of sp³-hybridized carbons (Fsp3) is 0.333. The molecule has 0 unspecified atom stereocenters. The van der Waals surface area contributed by atoms with E-state index in [-0.39, 0.29) is 0 Å². The fourth-order valence-corrected chi connectivity index (χ4v) is 2.50. The third-order valence-electron chi connectivity index (χ3n) is 2.58. The van der Waals surface area contributed by atoms with E-state index in [1.54, 1.807) is 20.2 Å². The Balaban J connectivity index is 2.34. The molecule has 90 valence electrons. The molecule has 1 aromatic heterocycles. The smallest absolute Gasteiger partial charge is 0.319 e. The zero-order valence-corrected chi connectivity index (χ0v) is 10.8. The van der Waals surface area contributed by atoms with Crippen molar-refractivity contribution in [1.82, 2.24) is 9.55 Å². The lowest BCUT2D eigenvalue weighted by Gasteiger charge is -2.18. The van der Waals surface area contributed by atoms with Crippen LogP contribution in [0.1, 0.15) is 13.8 Å². The number of carboxylic acids is 1. The van der Waals surface area contributed by atoms with Gasteiger partial charge < -0.3 is 9.67 Å². The highest BCUT2D eigenvalue weighted by atomic mass is 32.2. The molecular weight excluding hydrogens is 236 g/mol. The summed E-state index contributed by atoms with van der Waals surface area (Å²) in [4.78, 5) is 16.2. The van der Waals surface area contributed by atoms with Gasteiger partial charge in [-0.2, -0.15) is 0 Å². The van der Waals surface area contributed by atoms with E-state index in [9.17, 15) is 4.79 Å². The Kier molecular flexibility index (Phi) is 2.87. The number of aromatic nitrogens is 2. The third kappa shape index (κ3) is 2.29. The number of nitrogens with zero attached hydrogens (tertiary/aromatic N) is 2. The van der Waals surface area contributed by atoms with Gasteiger partial charge in [0.2, 0.25) is 0 Å². The van der Waals surface area contributed by atoms with Gasteiger partial charge in [-0.3, -0.25) is 4.79 Å². The van der Waals surface area contributed by atoms with E-state index in [1.807, 2.05) is 29.8 Å². The van der Waals surface area contributed by atoms with E-state index in [1.165, 1.54) is 11.8 Å². The van der Waals surface area contributed by atoms with Crippen molar-refractivity contribution in [3.63, 3.8) is 0 Å². The maximum Gasteiger partial charge on any atom is 0.319 e. The van der Waals surface area contributed by atoms with Crippen molar-refractivity contribution in [2.75, 3.05) is 0 Å². The van der Waals surface area contributed by atoms with Crippen LogP contribution in [0.4, 0.5) is 0 Å². The monoisotopic (exact) mass is 250 g/mol. The number of aliphatic carboxylic acids is 1. The summed E-state index contributed by atoms with van der Waals surface area (Å²) < 4.78 is 1.11. The van der Waals surface area contributed by atoms with Crippen LogP contribution in [0.5, 0.6) is 0 Å². The lowest BCUT2D eigenvalue weighted by atomic mass is 10.2. The topological polar surface area (TPSA) is 55.1 Å². The van der Waals surface area contributed by atoms with Crippen LogP contribution >= 0.6 is 11.8 Å². The lowest BCUT2D eigenvalue weighted by Crippen LogP contribution is -2.26. The van der Waals surface area contributed by atoms with Crippen LogP contribution in [0.15, 0.2) is 29.4 Å². The van der Waals surface area contributed by atoms with E-state index in [0.29, 0.717) is 0 Å². The molecular formula is C12H14N2O2S. The van der Waals surface area contributed by atoms with E-state index in [4.69, 9.17) is 5.11 Å². The van der Waals surface area contributed by atoms with Crippen LogP contribution in [0, 0.1) is 0 Å². The van der Waals surface area contributed by atoms with E-state index in [0.717, 1.165) is 15.9 Å². The number of hydrogen-bond donors (Lipinski definition) is 1. The molecule has 1 aromatic carbocycles. The molecule has 2 rings (SSSR count). The number of rotatable bonds is 3. The summed E-state index contributed by atoms with van der Waals surface area (Å²) in [5, 5.41) is 9.08. The van der Waals surface area contributed by atoms with Crippen molar-refractivity contribution >= 4 is 28.8 Å². The minimum absolute atomic E-state index is 0.816. The average Bonchev–Trinajstić information content (AvgIpc) is 2.59. The first-order valence-electron chi connectivity index (χ1n) is 5.23. The van der Waals surface area contributed by atoms with Crippen LogP contribution < -0.4 is 0 Å². The molecule has 0 fully saturated rings. The number of carbonyl (C=O) groups is 1. The van der Waals surface area contributed by atoms with Gasteiger partial charge in [-0.05, 0) is 32.0 Å². The van der Waals surface area contributed by atoms with Crippen LogP contribution in [-0.2, 0) is 11.8 Å². The van der Waals surface area contributed by atoms with Gasteiger partial charge in [-0.15, -0.1) is 11.8 Å². The highest BCUT2D eigenvalue weighted by Crippen LogP contribution is 2.33. The number of aryl methyl sites for hydroxylation is 1. The standard InChI is InChI=1S/C12H14N2O2S/c1-12(2,11(15)16)17-8-4-5-10-9(6-8)13-7-14(10)3/h4-7H,1-3H3,(H,15,16). The first-order valence-corrected chi connectivity index (χ1v) is 6.05. The second-order valence-corrected chi connectivity index (χ2v) is 6.12. The zero-order chi connectivity index (χ0) is 12.6. The minimum Gasteiger partial charge on any atom is -0.480 e. The molecule has 1 N–H and O–H groups in total. The third-order valence-corrected chi connectivity index (χ3v) is 3.76. The van der Waals surface area contributed by atoms with Gasteiger partial charge in [0.25, 0.3) is 0 Å². The minimum atomic E-state index is -0.831. The van der Waals surface area contributed by atoms with Crippen LogP contribution in [0.2, 0.25) is 0 Å². The molecule has 0 spiro atoms. The Hall–Kier alpha value is -1.49. The molecule has 0 atom stereocenters. The number of carboxylic acid groups (broad SMARTS) is 1. The molecule has 0 saturated carbocycles. The van der Waals surface area contributed by atoms with Gasteiger partial charge in [0, 0.05) is 11.9 Å². The van der Waals surface area contributed by atoms with Crippen molar-refractivity contribution in [3.8, 4) is 0 Å². The van der Waals surface area contributed by atoms with Gasteiger partial charge in [0.15, 0.2) is 0 Å². The highest BCUT2D eigenvalue weighted by molar-refractivity contribution is 8.01. The number of fused-ring (bicyclic) bond motifs is 1. The quantitative estimate of drug-likeness (QED) is 0.850.